The summed E-state index contributed by atoms with van der Waals surface area (Å²) in [6.45, 7) is 2.44. The van der Waals surface area contributed by atoms with Gasteiger partial charge in [0, 0.05) is 0 Å². The van der Waals surface area contributed by atoms with Crippen LogP contribution in [0.4, 0.5) is 10.5 Å². The number of hydrogen-bond acceptors (Lipinski definition) is 5. The van der Waals surface area contributed by atoms with Crippen LogP contribution in [0.2, 0.25) is 5.02 Å². The van der Waals surface area contributed by atoms with Gasteiger partial charge in [-0.2, -0.15) is 0 Å². The molecule has 1 saturated heterocycles. The maximum absolute atomic E-state index is 13.1. The topological polar surface area (TPSA) is 84.9 Å². The molecule has 0 bridgehead atoms. The highest BCUT2D eigenvalue weighted by molar-refractivity contribution is 6.39. The third-order valence-corrected chi connectivity index (χ3v) is 5.60. The zero-order chi connectivity index (χ0) is 25.7. The summed E-state index contributed by atoms with van der Waals surface area (Å²) >= 11 is 6.21. The zero-order valence-electron chi connectivity index (χ0n) is 19.3. The van der Waals surface area contributed by atoms with Gasteiger partial charge in [0.2, 0.25) is 0 Å². The molecule has 7 nitrogen and oxygen atoms in total. The number of nitrogens with one attached hydrogen (secondary N) is 1. The monoisotopic (exact) mass is 500 g/mol. The van der Waals surface area contributed by atoms with Gasteiger partial charge in [-0.25, -0.2) is 9.69 Å². The number of carbonyl (C=O) groups excluding carboxylic acids is 3. The number of amides is 4. The lowest BCUT2D eigenvalue weighted by Crippen LogP contribution is -2.54. The van der Waals surface area contributed by atoms with E-state index in [9.17, 15) is 14.4 Å². The second-order valence-electron chi connectivity index (χ2n) is 7.91. The minimum atomic E-state index is -0.841. The molecule has 3 aromatic carbocycles. The molecule has 0 saturated carbocycles. The molecule has 1 aliphatic heterocycles. The van der Waals surface area contributed by atoms with E-state index in [0.717, 1.165) is 16.0 Å². The van der Waals surface area contributed by atoms with Crippen LogP contribution in [-0.4, -0.2) is 24.5 Å². The number of urea groups is 1. The SMILES string of the molecule is C#CCOc1ccc(/C=C2\C(=O)NC(=O)N(c3ccc(OCc4ccc(C)cc4)cc3)C2=O)cc1Cl. The highest BCUT2D eigenvalue weighted by Crippen LogP contribution is 2.28. The Bertz CT molecular complexity index is 1390. The fourth-order valence-electron chi connectivity index (χ4n) is 3.44. The van der Waals surface area contributed by atoms with E-state index in [1.54, 1.807) is 36.4 Å². The van der Waals surface area contributed by atoms with Crippen LogP contribution in [0, 0.1) is 19.3 Å². The minimum Gasteiger partial charge on any atom is -0.489 e. The number of carbonyl (C=O) groups is 3. The smallest absolute Gasteiger partial charge is 0.335 e. The van der Waals surface area contributed by atoms with Gasteiger partial charge in [0.05, 0.1) is 10.7 Å². The Kier molecular flexibility index (Phi) is 7.38. The molecular weight excluding hydrogens is 480 g/mol. The molecular formula is C28H21ClN2O5. The van der Waals surface area contributed by atoms with Gasteiger partial charge in [-0.15, -0.1) is 6.42 Å². The Hall–Kier alpha value is -4.54. The van der Waals surface area contributed by atoms with Gasteiger partial charge in [0.15, 0.2) is 0 Å². The van der Waals surface area contributed by atoms with Gasteiger partial charge in [-0.3, -0.25) is 14.9 Å². The van der Waals surface area contributed by atoms with Crippen LogP contribution in [0.5, 0.6) is 11.5 Å². The summed E-state index contributed by atoms with van der Waals surface area (Å²) in [5, 5.41) is 2.46. The third kappa shape index (κ3) is 5.57. The van der Waals surface area contributed by atoms with Crippen LogP contribution in [0.25, 0.3) is 6.08 Å². The van der Waals surface area contributed by atoms with E-state index in [4.69, 9.17) is 27.5 Å². The van der Waals surface area contributed by atoms with Gasteiger partial charge in [-0.05, 0) is 60.5 Å². The number of aryl methyl sites for hydroxylation is 1. The van der Waals surface area contributed by atoms with E-state index < -0.39 is 17.8 Å². The Labute approximate surface area is 213 Å². The Morgan fingerprint density at radius 3 is 2.39 bits per heavy atom. The quantitative estimate of drug-likeness (QED) is 0.283. The lowest BCUT2D eigenvalue weighted by molar-refractivity contribution is -0.122. The van der Waals surface area contributed by atoms with E-state index in [-0.39, 0.29) is 22.9 Å². The fraction of sp³-hybridized carbons (Fsp3) is 0.107. The molecule has 1 heterocycles. The summed E-state index contributed by atoms with van der Waals surface area (Å²) in [5.41, 5.74) is 2.71. The predicted molar refractivity (Wildman–Crippen MR) is 137 cm³/mol. The van der Waals surface area contributed by atoms with E-state index in [1.165, 1.54) is 12.1 Å². The first-order valence-electron chi connectivity index (χ1n) is 10.9. The van der Waals surface area contributed by atoms with Gasteiger partial charge in [0.1, 0.15) is 30.3 Å². The number of ether oxygens (including phenoxy) is 2. The molecule has 36 heavy (non-hydrogen) atoms. The van der Waals surface area contributed by atoms with Crippen molar-refractivity contribution in [3.63, 3.8) is 0 Å². The number of imide groups is 2. The van der Waals surface area contributed by atoms with Crippen molar-refractivity contribution in [2.75, 3.05) is 11.5 Å². The maximum Gasteiger partial charge on any atom is 0.335 e. The van der Waals surface area contributed by atoms with E-state index in [1.807, 2.05) is 31.2 Å². The fourth-order valence-corrected chi connectivity index (χ4v) is 3.69. The van der Waals surface area contributed by atoms with Crippen molar-refractivity contribution in [3.05, 3.63) is 94.0 Å². The number of terminal acetylenes is 1. The molecule has 8 heteroatoms. The molecule has 0 unspecified atom stereocenters. The van der Waals surface area contributed by atoms with Crippen molar-refractivity contribution in [3.8, 4) is 23.8 Å². The number of nitrogens with zero attached hydrogens (tertiary/aromatic N) is 1. The largest absolute Gasteiger partial charge is 0.489 e. The summed E-state index contributed by atoms with van der Waals surface area (Å²) in [7, 11) is 0. The van der Waals surface area contributed by atoms with Crippen molar-refractivity contribution in [2.24, 2.45) is 0 Å². The van der Waals surface area contributed by atoms with Crippen molar-refractivity contribution >= 4 is 41.2 Å². The summed E-state index contributed by atoms with van der Waals surface area (Å²) in [6, 6.07) is 18.3. The van der Waals surface area contributed by atoms with Crippen LogP contribution in [-0.2, 0) is 16.2 Å². The number of benzene rings is 3. The number of rotatable bonds is 7. The molecule has 0 aliphatic carbocycles. The molecule has 1 N–H and O–H groups in total. The number of halogens is 1. The summed E-state index contributed by atoms with van der Waals surface area (Å²) in [6.07, 6.45) is 6.54. The lowest BCUT2D eigenvalue weighted by Gasteiger charge is -2.26. The average Bonchev–Trinajstić information content (AvgIpc) is 2.86. The standard InChI is InChI=1S/C28H21ClN2O5/c1-3-14-35-25-13-8-20(16-24(25)29)15-23-26(32)30-28(34)31(27(23)33)21-9-11-22(12-10-21)36-17-19-6-4-18(2)5-7-19/h1,4-13,15-16H,14,17H2,2H3,(H,30,32,34)/b23-15+. The van der Waals surface area contributed by atoms with Crippen molar-refractivity contribution < 1.29 is 23.9 Å². The van der Waals surface area contributed by atoms with Gasteiger partial charge < -0.3 is 9.47 Å². The molecule has 0 atom stereocenters. The average molecular weight is 501 g/mol. The van der Waals surface area contributed by atoms with E-state index in [0.29, 0.717) is 23.7 Å². The second-order valence-corrected chi connectivity index (χ2v) is 8.32. The van der Waals surface area contributed by atoms with Crippen molar-refractivity contribution in [2.45, 2.75) is 13.5 Å². The van der Waals surface area contributed by atoms with E-state index >= 15 is 0 Å². The normalized spacial score (nSPS) is 14.4. The molecule has 1 aliphatic rings. The third-order valence-electron chi connectivity index (χ3n) is 5.30. The number of hydrogen-bond donors (Lipinski definition) is 1. The second kappa shape index (κ2) is 10.8. The summed E-state index contributed by atoms with van der Waals surface area (Å²) in [4.78, 5) is 39.0. The summed E-state index contributed by atoms with van der Waals surface area (Å²) < 4.78 is 11.1. The minimum absolute atomic E-state index is 0.0495. The first-order chi connectivity index (χ1) is 17.4. The van der Waals surface area contributed by atoms with E-state index in [2.05, 4.69) is 11.2 Å². The van der Waals surface area contributed by atoms with Gasteiger partial charge >= 0.3 is 6.03 Å². The predicted octanol–water partition coefficient (Wildman–Crippen LogP) is 4.91. The van der Waals surface area contributed by atoms with Crippen LogP contribution in [0.3, 0.4) is 0 Å². The van der Waals surface area contributed by atoms with Crippen LogP contribution >= 0.6 is 11.6 Å². The Morgan fingerprint density at radius 1 is 1.00 bits per heavy atom. The zero-order valence-corrected chi connectivity index (χ0v) is 20.0. The first-order valence-corrected chi connectivity index (χ1v) is 11.3. The molecule has 1 fully saturated rings. The highest BCUT2D eigenvalue weighted by Gasteiger charge is 2.36. The molecule has 3 aromatic rings. The molecule has 0 spiro atoms. The van der Waals surface area contributed by atoms with Gasteiger partial charge in [0.25, 0.3) is 11.8 Å². The van der Waals surface area contributed by atoms with Crippen LogP contribution in [0.1, 0.15) is 16.7 Å². The molecule has 180 valence electrons. The number of barbiturate groups is 1. The molecule has 0 radical (unpaired) electrons. The van der Waals surface area contributed by atoms with Gasteiger partial charge in [-0.1, -0.05) is 53.4 Å². The summed E-state index contributed by atoms with van der Waals surface area (Å²) in [5.74, 6) is 1.72. The first kappa shape index (κ1) is 24.6. The lowest BCUT2D eigenvalue weighted by atomic mass is 10.1. The number of anilines is 1. The Morgan fingerprint density at radius 2 is 1.72 bits per heavy atom. The molecule has 4 rings (SSSR count). The van der Waals surface area contributed by atoms with Crippen LogP contribution < -0.4 is 19.7 Å². The Balaban J connectivity index is 1.51. The highest BCUT2D eigenvalue weighted by atomic mass is 35.5. The molecule has 4 amide bonds. The van der Waals surface area contributed by atoms with Crippen molar-refractivity contribution in [1.82, 2.24) is 5.32 Å². The van der Waals surface area contributed by atoms with Crippen LogP contribution in [0.15, 0.2) is 72.3 Å². The van der Waals surface area contributed by atoms with Crippen molar-refractivity contribution in [1.29, 1.82) is 0 Å². The molecule has 0 aromatic heterocycles. The maximum atomic E-state index is 13.1.